The predicted molar refractivity (Wildman–Crippen MR) is 117 cm³/mol. The molecule has 5 heteroatoms. The molecule has 3 heterocycles. The first-order valence-electron chi connectivity index (χ1n) is 10.2. The van der Waals surface area contributed by atoms with E-state index in [9.17, 15) is 9.90 Å². The molecular formula is C23H26N2O2S. The Balaban J connectivity index is 1.37. The number of benzene rings is 1. The maximum atomic E-state index is 12.2. The van der Waals surface area contributed by atoms with Crippen molar-refractivity contribution in [2.75, 3.05) is 19.6 Å². The minimum absolute atomic E-state index is 0.0637. The monoisotopic (exact) mass is 394 g/mol. The first-order chi connectivity index (χ1) is 13.6. The van der Waals surface area contributed by atoms with Gasteiger partial charge in [0.15, 0.2) is 0 Å². The van der Waals surface area contributed by atoms with Gasteiger partial charge in [-0.05, 0) is 67.1 Å². The number of aromatic nitrogens is 1. The lowest BCUT2D eigenvalue weighted by atomic mass is 10.0. The average Bonchev–Trinajstić information content (AvgIpc) is 3.06. The summed E-state index contributed by atoms with van der Waals surface area (Å²) in [7, 11) is 0. The molecular weight excluding hydrogens is 368 g/mol. The van der Waals surface area contributed by atoms with E-state index in [0.717, 1.165) is 46.2 Å². The van der Waals surface area contributed by atoms with Crippen molar-refractivity contribution in [3.05, 3.63) is 45.6 Å². The molecule has 1 aliphatic heterocycles. The van der Waals surface area contributed by atoms with Crippen LogP contribution in [0, 0.1) is 17.8 Å². The maximum absolute atomic E-state index is 12.2. The lowest BCUT2D eigenvalue weighted by molar-refractivity contribution is 0.348. The van der Waals surface area contributed by atoms with E-state index in [0.29, 0.717) is 4.70 Å². The van der Waals surface area contributed by atoms with E-state index >= 15 is 0 Å². The van der Waals surface area contributed by atoms with Gasteiger partial charge in [0.05, 0.1) is 0 Å². The van der Waals surface area contributed by atoms with Gasteiger partial charge in [0.1, 0.15) is 10.4 Å². The van der Waals surface area contributed by atoms with Gasteiger partial charge in [-0.3, -0.25) is 9.69 Å². The lowest BCUT2D eigenvalue weighted by Gasteiger charge is -2.14. The molecule has 0 radical (unpaired) electrons. The van der Waals surface area contributed by atoms with Crippen LogP contribution in [0.1, 0.15) is 31.7 Å². The third-order valence-corrected chi connectivity index (χ3v) is 7.45. The van der Waals surface area contributed by atoms with Crippen LogP contribution in [0.2, 0.25) is 0 Å². The quantitative estimate of drug-likeness (QED) is 0.652. The summed E-state index contributed by atoms with van der Waals surface area (Å²) in [6.07, 6.45) is 8.31. The Kier molecular flexibility index (Phi) is 4.52. The van der Waals surface area contributed by atoms with Crippen molar-refractivity contribution in [2.45, 2.75) is 26.2 Å². The highest BCUT2D eigenvalue weighted by molar-refractivity contribution is 7.17. The van der Waals surface area contributed by atoms with Gasteiger partial charge in [-0.25, -0.2) is 0 Å². The van der Waals surface area contributed by atoms with Crippen molar-refractivity contribution in [2.24, 2.45) is 17.8 Å². The molecule has 1 saturated heterocycles. The molecule has 0 amide bonds. The highest BCUT2D eigenvalue weighted by atomic mass is 32.1. The fourth-order valence-electron chi connectivity index (χ4n) is 4.78. The van der Waals surface area contributed by atoms with E-state index in [-0.39, 0.29) is 11.3 Å². The third kappa shape index (κ3) is 3.27. The van der Waals surface area contributed by atoms with Crippen molar-refractivity contribution >= 4 is 38.4 Å². The molecule has 0 bridgehead atoms. The van der Waals surface area contributed by atoms with E-state index in [1.165, 1.54) is 43.7 Å². The van der Waals surface area contributed by atoms with Crippen LogP contribution in [0.4, 0.5) is 0 Å². The molecule has 1 aromatic carbocycles. The van der Waals surface area contributed by atoms with E-state index in [1.54, 1.807) is 12.1 Å². The van der Waals surface area contributed by atoms with Crippen LogP contribution in [-0.4, -0.2) is 34.6 Å². The van der Waals surface area contributed by atoms with Crippen LogP contribution < -0.4 is 5.56 Å². The molecule has 3 unspecified atom stereocenters. The van der Waals surface area contributed by atoms with Gasteiger partial charge in [0.2, 0.25) is 0 Å². The number of hydrogen-bond donors (Lipinski definition) is 2. The second kappa shape index (κ2) is 7.05. The molecule has 3 atom stereocenters. The molecule has 1 saturated carbocycles. The summed E-state index contributed by atoms with van der Waals surface area (Å²) < 4.78 is 0.712. The van der Waals surface area contributed by atoms with Gasteiger partial charge in [0, 0.05) is 34.9 Å². The zero-order valence-electron chi connectivity index (χ0n) is 16.1. The maximum Gasteiger partial charge on any atom is 0.266 e. The zero-order chi connectivity index (χ0) is 19.3. The number of phenolic OH excluding ortho intramolecular Hbond substituents is 1. The number of fused-ring (bicyclic) bond motifs is 3. The first-order valence-corrected chi connectivity index (χ1v) is 11.1. The average molecular weight is 395 g/mol. The number of pyridine rings is 1. The molecule has 2 aromatic heterocycles. The summed E-state index contributed by atoms with van der Waals surface area (Å²) in [5, 5.41) is 14.3. The Morgan fingerprint density at radius 3 is 3.04 bits per heavy atom. The van der Waals surface area contributed by atoms with E-state index < -0.39 is 0 Å². The van der Waals surface area contributed by atoms with Gasteiger partial charge in [-0.1, -0.05) is 19.1 Å². The van der Waals surface area contributed by atoms with Crippen molar-refractivity contribution in [1.82, 2.24) is 9.88 Å². The number of nitrogens with one attached hydrogen (secondary N) is 1. The van der Waals surface area contributed by atoms with Crippen molar-refractivity contribution in [1.29, 1.82) is 0 Å². The second-order valence-electron chi connectivity index (χ2n) is 8.56. The molecule has 146 valence electrons. The molecule has 3 aromatic rings. The Morgan fingerprint density at radius 1 is 1.36 bits per heavy atom. The van der Waals surface area contributed by atoms with Gasteiger partial charge < -0.3 is 10.1 Å². The Bertz CT molecular complexity index is 1110. The standard InChI is InChI=1S/C23H26N2O2S/c1-14-11-16(14)12-15-6-9-25(13-15)8-2-3-17-20(26)5-4-19-21(17)18-7-10-28-22(18)23(27)24-19/h2-5,7,10,14-16,26H,6,8-9,11-13H2,1H3,(H,24,27). The van der Waals surface area contributed by atoms with Crippen LogP contribution in [0.3, 0.4) is 0 Å². The van der Waals surface area contributed by atoms with Crippen molar-refractivity contribution in [3.8, 4) is 5.75 Å². The molecule has 2 fully saturated rings. The van der Waals surface area contributed by atoms with E-state index in [4.69, 9.17) is 0 Å². The van der Waals surface area contributed by atoms with E-state index in [1.807, 2.05) is 17.5 Å². The summed E-state index contributed by atoms with van der Waals surface area (Å²) in [5.74, 6) is 3.03. The molecule has 4 nitrogen and oxygen atoms in total. The minimum Gasteiger partial charge on any atom is -0.507 e. The lowest BCUT2D eigenvalue weighted by Crippen LogP contribution is -2.20. The first kappa shape index (κ1) is 18.0. The summed E-state index contributed by atoms with van der Waals surface area (Å²) >= 11 is 1.44. The van der Waals surface area contributed by atoms with Crippen LogP contribution in [0.15, 0.2) is 34.4 Å². The minimum atomic E-state index is -0.0637. The van der Waals surface area contributed by atoms with Crippen LogP contribution >= 0.6 is 11.3 Å². The number of thiophene rings is 1. The van der Waals surface area contributed by atoms with Crippen LogP contribution in [0.25, 0.3) is 27.1 Å². The van der Waals surface area contributed by atoms with Gasteiger partial charge in [-0.15, -0.1) is 11.3 Å². The van der Waals surface area contributed by atoms with Gasteiger partial charge >= 0.3 is 0 Å². The number of H-pyrrole nitrogens is 1. The molecule has 5 rings (SSSR count). The van der Waals surface area contributed by atoms with Crippen LogP contribution in [0.5, 0.6) is 5.75 Å². The molecule has 2 aliphatic rings. The molecule has 28 heavy (non-hydrogen) atoms. The highest BCUT2D eigenvalue weighted by Gasteiger charge is 2.36. The van der Waals surface area contributed by atoms with Crippen LogP contribution in [-0.2, 0) is 0 Å². The molecule has 0 spiro atoms. The Labute approximate surface area is 168 Å². The number of aromatic hydroxyl groups is 1. The number of likely N-dealkylation sites (tertiary alicyclic amines) is 1. The highest BCUT2D eigenvalue weighted by Crippen LogP contribution is 2.44. The second-order valence-corrected chi connectivity index (χ2v) is 9.48. The number of aromatic amines is 1. The summed E-state index contributed by atoms with van der Waals surface area (Å²) in [6.45, 7) is 5.63. The number of hydrogen-bond acceptors (Lipinski definition) is 4. The van der Waals surface area contributed by atoms with Crippen molar-refractivity contribution < 1.29 is 5.11 Å². The fraction of sp³-hybridized carbons (Fsp3) is 0.435. The SMILES string of the molecule is CC1CC1CC1CCN(CC=Cc2c(O)ccc3[nH]c(=O)c4sccc4c23)C1. The smallest absolute Gasteiger partial charge is 0.266 e. The summed E-state index contributed by atoms with van der Waals surface area (Å²) in [5.41, 5.74) is 1.50. The zero-order valence-corrected chi connectivity index (χ0v) is 17.0. The Hall–Kier alpha value is -2.11. The fourth-order valence-corrected chi connectivity index (χ4v) is 5.57. The molecule has 1 aliphatic carbocycles. The third-order valence-electron chi connectivity index (χ3n) is 6.54. The number of nitrogens with zero attached hydrogens (tertiary/aromatic N) is 1. The van der Waals surface area contributed by atoms with Gasteiger partial charge in [0.25, 0.3) is 5.56 Å². The Morgan fingerprint density at radius 2 is 2.21 bits per heavy atom. The normalized spacial score (nSPS) is 25.4. The summed E-state index contributed by atoms with van der Waals surface area (Å²) in [6, 6.07) is 5.42. The predicted octanol–water partition coefficient (Wildman–Crippen LogP) is 4.83. The summed E-state index contributed by atoms with van der Waals surface area (Å²) in [4.78, 5) is 17.7. The molecule has 2 N–H and O–H groups in total. The topological polar surface area (TPSA) is 56.3 Å². The largest absolute Gasteiger partial charge is 0.507 e. The van der Waals surface area contributed by atoms with Gasteiger partial charge in [-0.2, -0.15) is 0 Å². The van der Waals surface area contributed by atoms with Crippen molar-refractivity contribution in [3.63, 3.8) is 0 Å². The van der Waals surface area contributed by atoms with E-state index in [2.05, 4.69) is 22.9 Å². The number of phenols is 1. The number of rotatable bonds is 5.